The first-order valence-corrected chi connectivity index (χ1v) is 9.44. The number of hydrogen-bond donors (Lipinski definition) is 1. The fourth-order valence-electron chi connectivity index (χ4n) is 3.45. The summed E-state index contributed by atoms with van der Waals surface area (Å²) in [5.74, 6) is 8.15. The van der Waals surface area contributed by atoms with Crippen LogP contribution >= 0.6 is 0 Å². The van der Waals surface area contributed by atoms with Gasteiger partial charge in [-0.3, -0.25) is 5.01 Å². The molecule has 0 saturated carbocycles. The van der Waals surface area contributed by atoms with Gasteiger partial charge >= 0.3 is 0 Å². The quantitative estimate of drug-likeness (QED) is 0.545. The van der Waals surface area contributed by atoms with Crippen LogP contribution in [0.5, 0.6) is 5.75 Å². The molecule has 144 valence electrons. The van der Waals surface area contributed by atoms with Crippen LogP contribution in [0, 0.1) is 0 Å². The van der Waals surface area contributed by atoms with Crippen LogP contribution in [0.1, 0.15) is 0 Å². The van der Waals surface area contributed by atoms with Gasteiger partial charge in [0.05, 0.1) is 18.5 Å². The topological polar surface area (TPSA) is 57.9 Å². The van der Waals surface area contributed by atoms with Gasteiger partial charge in [0.2, 0.25) is 0 Å². The molecular weight excluding hydrogens is 350 g/mol. The van der Waals surface area contributed by atoms with Gasteiger partial charge in [-0.2, -0.15) is 0 Å². The van der Waals surface area contributed by atoms with Crippen molar-refractivity contribution in [3.8, 4) is 5.75 Å². The van der Waals surface area contributed by atoms with Crippen molar-refractivity contribution in [1.29, 1.82) is 0 Å². The molecule has 1 fully saturated rings. The van der Waals surface area contributed by atoms with Crippen LogP contribution in [0.15, 0.2) is 72.9 Å². The maximum absolute atomic E-state index is 6.28. The van der Waals surface area contributed by atoms with E-state index in [0.29, 0.717) is 0 Å². The lowest BCUT2D eigenvalue weighted by Gasteiger charge is -2.36. The summed E-state index contributed by atoms with van der Waals surface area (Å²) in [5, 5.41) is 1.68. The lowest BCUT2D eigenvalue weighted by Crippen LogP contribution is -2.46. The molecule has 2 N–H and O–H groups in total. The van der Waals surface area contributed by atoms with E-state index in [-0.39, 0.29) is 0 Å². The number of aromatic nitrogens is 1. The molecule has 0 bridgehead atoms. The summed E-state index contributed by atoms with van der Waals surface area (Å²) in [6, 6.07) is 22.2. The first-order valence-electron chi connectivity index (χ1n) is 9.44. The molecule has 4 rings (SSSR count). The summed E-state index contributed by atoms with van der Waals surface area (Å²) in [6.45, 7) is 3.88. The predicted octanol–water partition coefficient (Wildman–Crippen LogP) is 3.43. The predicted molar refractivity (Wildman–Crippen MR) is 114 cm³/mol. The van der Waals surface area contributed by atoms with E-state index in [1.807, 2.05) is 42.6 Å². The van der Waals surface area contributed by atoms with E-state index in [4.69, 9.17) is 10.6 Å². The lowest BCUT2D eigenvalue weighted by molar-refractivity contribution is 0.415. The van der Waals surface area contributed by atoms with Gasteiger partial charge in [-0.25, -0.2) is 10.8 Å². The van der Waals surface area contributed by atoms with E-state index in [1.54, 1.807) is 12.1 Å². The Bertz CT molecular complexity index is 875. The number of anilines is 4. The molecule has 6 heteroatoms. The van der Waals surface area contributed by atoms with Crippen molar-refractivity contribution < 1.29 is 4.74 Å². The number of pyridine rings is 1. The number of nitrogens with zero attached hydrogens (tertiary/aromatic N) is 4. The maximum atomic E-state index is 6.28. The summed E-state index contributed by atoms with van der Waals surface area (Å²) >= 11 is 0. The van der Waals surface area contributed by atoms with Gasteiger partial charge in [-0.05, 0) is 60.7 Å². The minimum atomic E-state index is 0.817. The molecule has 0 radical (unpaired) electrons. The first-order chi connectivity index (χ1) is 13.7. The molecule has 0 aliphatic carbocycles. The van der Waals surface area contributed by atoms with Crippen molar-refractivity contribution in [3.63, 3.8) is 0 Å². The normalized spacial score (nSPS) is 14.1. The summed E-state index contributed by atoms with van der Waals surface area (Å²) < 4.78 is 5.20. The second-order valence-corrected chi connectivity index (χ2v) is 6.75. The summed E-state index contributed by atoms with van der Waals surface area (Å²) in [4.78, 5) is 9.18. The van der Waals surface area contributed by atoms with Gasteiger partial charge in [0.1, 0.15) is 11.6 Å². The number of hydrogen-bond acceptors (Lipinski definition) is 6. The molecule has 0 atom stereocenters. The Morgan fingerprint density at radius 2 is 1.43 bits per heavy atom. The van der Waals surface area contributed by atoms with Gasteiger partial charge < -0.3 is 14.5 Å². The molecule has 1 aromatic heterocycles. The maximum Gasteiger partial charge on any atom is 0.128 e. The number of hydrazine groups is 1. The molecule has 6 nitrogen and oxygen atoms in total. The molecule has 2 heterocycles. The zero-order valence-electron chi connectivity index (χ0n) is 16.0. The third-order valence-electron chi connectivity index (χ3n) is 5.10. The van der Waals surface area contributed by atoms with Crippen molar-refractivity contribution in [2.24, 2.45) is 5.84 Å². The largest absolute Gasteiger partial charge is 0.497 e. The molecule has 0 amide bonds. The van der Waals surface area contributed by atoms with Gasteiger partial charge in [0.15, 0.2) is 0 Å². The molecule has 1 aliphatic heterocycles. The number of nitrogens with two attached hydrogens (primary N) is 1. The number of piperazine rings is 1. The van der Waals surface area contributed by atoms with Crippen LogP contribution in [-0.4, -0.2) is 38.3 Å². The number of benzene rings is 2. The Balaban J connectivity index is 1.39. The van der Waals surface area contributed by atoms with Crippen LogP contribution in [0.3, 0.4) is 0 Å². The molecule has 3 aromatic rings. The number of methoxy groups -OCH3 is 1. The smallest absolute Gasteiger partial charge is 0.128 e. The average molecular weight is 375 g/mol. The van der Waals surface area contributed by atoms with E-state index < -0.39 is 0 Å². The van der Waals surface area contributed by atoms with Crippen molar-refractivity contribution in [3.05, 3.63) is 72.9 Å². The van der Waals surface area contributed by atoms with Crippen LogP contribution in [0.4, 0.5) is 22.9 Å². The Morgan fingerprint density at radius 1 is 0.821 bits per heavy atom. The minimum absolute atomic E-state index is 0.817. The Labute approximate surface area is 165 Å². The third-order valence-corrected chi connectivity index (χ3v) is 5.10. The minimum Gasteiger partial charge on any atom is -0.497 e. The van der Waals surface area contributed by atoms with E-state index >= 15 is 0 Å². The summed E-state index contributed by atoms with van der Waals surface area (Å²) in [6.07, 6.45) is 1.85. The van der Waals surface area contributed by atoms with E-state index in [2.05, 4.69) is 45.1 Å². The monoisotopic (exact) mass is 375 g/mol. The highest BCUT2D eigenvalue weighted by atomic mass is 16.5. The lowest BCUT2D eigenvalue weighted by atomic mass is 10.2. The number of rotatable bonds is 5. The van der Waals surface area contributed by atoms with Crippen molar-refractivity contribution in [2.75, 3.05) is 48.1 Å². The molecule has 1 saturated heterocycles. The highest BCUT2D eigenvalue weighted by Crippen LogP contribution is 2.27. The standard InChI is InChI=1S/C22H25N5O/c1-28-21-11-9-20(10-12-21)27(23)19-7-5-18(6-8-19)25-14-16-26(17-15-25)22-4-2-3-13-24-22/h2-13H,14-17,23H2,1H3. The van der Waals surface area contributed by atoms with Crippen LogP contribution in [0.2, 0.25) is 0 Å². The molecule has 28 heavy (non-hydrogen) atoms. The molecule has 0 unspecified atom stereocenters. The summed E-state index contributed by atoms with van der Waals surface area (Å²) in [5.41, 5.74) is 3.08. The fraction of sp³-hybridized carbons (Fsp3) is 0.227. The van der Waals surface area contributed by atoms with Crippen LogP contribution in [0.25, 0.3) is 0 Å². The van der Waals surface area contributed by atoms with Crippen LogP contribution < -0.4 is 25.4 Å². The zero-order valence-corrected chi connectivity index (χ0v) is 16.0. The summed E-state index contributed by atoms with van der Waals surface area (Å²) in [7, 11) is 1.66. The average Bonchev–Trinajstić information content (AvgIpc) is 2.79. The van der Waals surface area contributed by atoms with Crippen LogP contribution in [-0.2, 0) is 0 Å². The van der Waals surface area contributed by atoms with Gasteiger partial charge in [0, 0.05) is 38.1 Å². The Morgan fingerprint density at radius 3 is 2.00 bits per heavy atom. The second-order valence-electron chi connectivity index (χ2n) is 6.75. The first kappa shape index (κ1) is 18.1. The number of ether oxygens (including phenoxy) is 1. The SMILES string of the molecule is COc1ccc(N(N)c2ccc(N3CCN(c4ccccn4)CC3)cc2)cc1. The molecule has 1 aliphatic rings. The fourth-order valence-corrected chi connectivity index (χ4v) is 3.45. The van der Waals surface area contributed by atoms with Crippen molar-refractivity contribution >= 4 is 22.9 Å². The van der Waals surface area contributed by atoms with E-state index in [9.17, 15) is 0 Å². The van der Waals surface area contributed by atoms with Gasteiger partial charge in [-0.15, -0.1) is 0 Å². The highest BCUT2D eigenvalue weighted by molar-refractivity contribution is 5.65. The Kier molecular flexibility index (Phi) is 5.30. The van der Waals surface area contributed by atoms with E-state index in [1.165, 1.54) is 5.69 Å². The third kappa shape index (κ3) is 3.87. The zero-order chi connectivity index (χ0) is 19.3. The van der Waals surface area contributed by atoms with Crippen molar-refractivity contribution in [2.45, 2.75) is 0 Å². The van der Waals surface area contributed by atoms with E-state index in [0.717, 1.165) is 49.1 Å². The molecule has 0 spiro atoms. The van der Waals surface area contributed by atoms with Gasteiger partial charge in [-0.1, -0.05) is 6.07 Å². The highest BCUT2D eigenvalue weighted by Gasteiger charge is 2.18. The second kappa shape index (κ2) is 8.19. The molecule has 2 aromatic carbocycles. The Hall–Kier alpha value is -3.25. The molecular formula is C22H25N5O. The van der Waals surface area contributed by atoms with Gasteiger partial charge in [0.25, 0.3) is 0 Å². The van der Waals surface area contributed by atoms with Crippen molar-refractivity contribution in [1.82, 2.24) is 4.98 Å².